The smallest absolute Gasteiger partial charge is 0.143 e. The summed E-state index contributed by atoms with van der Waals surface area (Å²) in [7, 11) is 0. The number of phenolic OH excluding ortho intramolecular Hbond substituents is 1. The minimum atomic E-state index is -0.0753. The van der Waals surface area contributed by atoms with E-state index < -0.39 is 0 Å². The number of thiophene rings is 1. The van der Waals surface area contributed by atoms with Crippen LogP contribution in [0.1, 0.15) is 27.1 Å². The Morgan fingerprint density at radius 1 is 1.24 bits per heavy atom. The van der Waals surface area contributed by atoms with E-state index in [0.717, 1.165) is 31.6 Å². The lowest BCUT2D eigenvalue weighted by Crippen LogP contribution is -2.29. The van der Waals surface area contributed by atoms with Crippen LogP contribution >= 0.6 is 34.5 Å². The number of rotatable bonds is 4. The van der Waals surface area contributed by atoms with Crippen LogP contribution in [0, 0.1) is 11.3 Å². The highest BCUT2D eigenvalue weighted by Crippen LogP contribution is 2.39. The zero-order valence-electron chi connectivity index (χ0n) is 15.4. The molecule has 3 aromatic rings. The number of aliphatic imine (C=N–C) groups is 1. The van der Waals surface area contributed by atoms with Gasteiger partial charge in [0, 0.05) is 41.3 Å². The molecule has 1 aliphatic rings. The Kier molecular flexibility index (Phi) is 5.89. The van der Waals surface area contributed by atoms with Crippen LogP contribution in [-0.4, -0.2) is 22.8 Å². The first-order valence-electron chi connectivity index (χ1n) is 9.08. The molecule has 0 atom stereocenters. The fraction of sp³-hybridized carbons (Fsp3) is 0.182. The lowest BCUT2D eigenvalue weighted by molar-refractivity contribution is 0.249. The van der Waals surface area contributed by atoms with Gasteiger partial charge in [-0.05, 0) is 29.7 Å². The summed E-state index contributed by atoms with van der Waals surface area (Å²) in [5, 5.41) is 21.0. The molecule has 0 saturated carbocycles. The van der Waals surface area contributed by atoms with E-state index in [1.165, 1.54) is 34.1 Å². The highest BCUT2D eigenvalue weighted by Gasteiger charge is 2.24. The minimum Gasteiger partial charge on any atom is -0.506 e. The molecule has 1 N–H and O–H groups in total. The molecule has 0 unspecified atom stereocenters. The van der Waals surface area contributed by atoms with Gasteiger partial charge in [-0.2, -0.15) is 5.26 Å². The number of nitriles is 1. The molecule has 0 fully saturated rings. The van der Waals surface area contributed by atoms with Crippen LogP contribution in [-0.2, 0) is 19.5 Å². The van der Waals surface area contributed by atoms with Crippen molar-refractivity contribution in [3.8, 4) is 11.8 Å². The molecule has 0 bridgehead atoms. The first-order chi connectivity index (χ1) is 14.0. The minimum absolute atomic E-state index is 0.0753. The third kappa shape index (κ3) is 4.31. The summed E-state index contributed by atoms with van der Waals surface area (Å²) in [5.41, 5.74) is 3.40. The molecule has 0 saturated heterocycles. The van der Waals surface area contributed by atoms with Crippen molar-refractivity contribution in [1.82, 2.24) is 4.90 Å². The average molecular weight is 442 g/mol. The van der Waals surface area contributed by atoms with Crippen LogP contribution < -0.4 is 0 Å². The summed E-state index contributed by atoms with van der Waals surface area (Å²) < 4.78 is 0. The van der Waals surface area contributed by atoms with Crippen molar-refractivity contribution >= 4 is 45.8 Å². The molecule has 2 heterocycles. The molecule has 146 valence electrons. The van der Waals surface area contributed by atoms with E-state index in [2.05, 4.69) is 28.1 Å². The summed E-state index contributed by atoms with van der Waals surface area (Å²) in [6.45, 7) is 2.59. The first-order valence-corrected chi connectivity index (χ1v) is 10.7. The molecule has 0 aliphatic carbocycles. The van der Waals surface area contributed by atoms with Gasteiger partial charge in [-0.15, -0.1) is 11.3 Å². The molecular formula is C22H17Cl2N3OS. The summed E-state index contributed by atoms with van der Waals surface area (Å²) in [5.74, 6) is -0.0753. The van der Waals surface area contributed by atoms with Crippen molar-refractivity contribution < 1.29 is 5.11 Å². The van der Waals surface area contributed by atoms with Gasteiger partial charge in [-0.1, -0.05) is 53.5 Å². The predicted molar refractivity (Wildman–Crippen MR) is 119 cm³/mol. The van der Waals surface area contributed by atoms with Gasteiger partial charge < -0.3 is 5.11 Å². The van der Waals surface area contributed by atoms with E-state index in [1.54, 1.807) is 6.07 Å². The molecule has 4 rings (SSSR count). The van der Waals surface area contributed by atoms with Crippen LogP contribution in [0.4, 0.5) is 5.00 Å². The second kappa shape index (κ2) is 8.56. The fourth-order valence-corrected chi connectivity index (χ4v) is 5.13. The zero-order chi connectivity index (χ0) is 20.4. The second-order valence-electron chi connectivity index (χ2n) is 6.83. The van der Waals surface area contributed by atoms with Crippen molar-refractivity contribution in [1.29, 1.82) is 5.26 Å². The van der Waals surface area contributed by atoms with Gasteiger partial charge in [0.15, 0.2) is 0 Å². The number of nitrogens with zero attached hydrogens (tertiary/aromatic N) is 3. The van der Waals surface area contributed by atoms with E-state index in [1.807, 2.05) is 18.2 Å². The van der Waals surface area contributed by atoms with Crippen LogP contribution in [0.15, 0.2) is 47.5 Å². The SMILES string of the molecule is N#Cc1c(/N=C/c2cc(Cl)cc(Cl)c2O)sc2c1CCN(Cc1ccccc1)C2. The van der Waals surface area contributed by atoms with Crippen LogP contribution in [0.2, 0.25) is 10.0 Å². The third-order valence-electron chi connectivity index (χ3n) is 4.86. The monoisotopic (exact) mass is 441 g/mol. The molecule has 0 amide bonds. The number of fused-ring (bicyclic) bond motifs is 1. The Bertz CT molecular complexity index is 1120. The zero-order valence-corrected chi connectivity index (χ0v) is 17.7. The molecule has 4 nitrogen and oxygen atoms in total. The molecule has 0 spiro atoms. The topological polar surface area (TPSA) is 59.6 Å². The van der Waals surface area contributed by atoms with E-state index in [4.69, 9.17) is 23.2 Å². The van der Waals surface area contributed by atoms with Crippen LogP contribution in [0.3, 0.4) is 0 Å². The Balaban J connectivity index is 1.59. The largest absolute Gasteiger partial charge is 0.506 e. The number of halogens is 2. The highest BCUT2D eigenvalue weighted by atomic mass is 35.5. The maximum atomic E-state index is 10.1. The maximum absolute atomic E-state index is 10.1. The number of hydrogen-bond donors (Lipinski definition) is 1. The van der Waals surface area contributed by atoms with Crippen molar-refractivity contribution in [2.75, 3.05) is 6.54 Å². The summed E-state index contributed by atoms with van der Waals surface area (Å²) >= 11 is 13.5. The van der Waals surface area contributed by atoms with Gasteiger partial charge in [0.2, 0.25) is 0 Å². The fourth-order valence-electron chi connectivity index (χ4n) is 3.44. The standard InChI is InChI=1S/C22H17Cl2N3OS/c23-16-8-15(21(28)19(24)9-16)11-26-22-18(10-25)17-6-7-27(13-20(17)29-22)12-14-4-2-1-3-5-14/h1-5,8-9,11,28H,6-7,12-13H2/b26-11+. The Hall–Kier alpha value is -2.36. The molecule has 2 aromatic carbocycles. The summed E-state index contributed by atoms with van der Waals surface area (Å²) in [4.78, 5) is 8.03. The molecule has 1 aromatic heterocycles. The van der Waals surface area contributed by atoms with Gasteiger partial charge >= 0.3 is 0 Å². The Morgan fingerprint density at radius 3 is 2.79 bits per heavy atom. The number of benzene rings is 2. The van der Waals surface area contributed by atoms with Gasteiger partial charge in [-0.3, -0.25) is 4.90 Å². The van der Waals surface area contributed by atoms with Crippen LogP contribution in [0.25, 0.3) is 0 Å². The molecule has 1 aliphatic heterocycles. The highest BCUT2D eigenvalue weighted by molar-refractivity contribution is 7.16. The van der Waals surface area contributed by atoms with Crippen molar-refractivity contribution in [2.24, 2.45) is 4.99 Å². The number of hydrogen-bond acceptors (Lipinski definition) is 5. The van der Waals surface area contributed by atoms with Gasteiger partial charge in [0.25, 0.3) is 0 Å². The van der Waals surface area contributed by atoms with E-state index in [0.29, 0.717) is 21.2 Å². The third-order valence-corrected chi connectivity index (χ3v) is 6.49. The summed E-state index contributed by atoms with van der Waals surface area (Å²) in [6, 6.07) is 15.7. The summed E-state index contributed by atoms with van der Waals surface area (Å²) in [6.07, 6.45) is 2.33. The van der Waals surface area contributed by atoms with Crippen molar-refractivity contribution in [3.05, 3.63) is 79.6 Å². The van der Waals surface area contributed by atoms with E-state index in [-0.39, 0.29) is 10.8 Å². The van der Waals surface area contributed by atoms with Crippen molar-refractivity contribution in [2.45, 2.75) is 19.5 Å². The maximum Gasteiger partial charge on any atom is 0.143 e. The van der Waals surface area contributed by atoms with Crippen molar-refractivity contribution in [3.63, 3.8) is 0 Å². The van der Waals surface area contributed by atoms with Gasteiger partial charge in [0.05, 0.1) is 10.6 Å². The van der Waals surface area contributed by atoms with Crippen LogP contribution in [0.5, 0.6) is 5.75 Å². The molecule has 7 heteroatoms. The lowest BCUT2D eigenvalue weighted by Gasteiger charge is -2.26. The quantitative estimate of drug-likeness (QED) is 0.509. The first kappa shape index (κ1) is 19.9. The average Bonchev–Trinajstić information content (AvgIpc) is 3.07. The number of aromatic hydroxyl groups is 1. The second-order valence-corrected chi connectivity index (χ2v) is 8.75. The molecule has 0 radical (unpaired) electrons. The predicted octanol–water partition coefficient (Wildman–Crippen LogP) is 5.94. The normalized spacial score (nSPS) is 14.1. The van der Waals surface area contributed by atoms with Gasteiger partial charge in [0.1, 0.15) is 16.8 Å². The molecular weight excluding hydrogens is 425 g/mol. The van der Waals surface area contributed by atoms with E-state index >= 15 is 0 Å². The number of phenols is 1. The Labute approximate surface area is 183 Å². The lowest BCUT2D eigenvalue weighted by atomic mass is 10.0. The van der Waals surface area contributed by atoms with E-state index in [9.17, 15) is 10.4 Å². The Morgan fingerprint density at radius 2 is 2.03 bits per heavy atom. The van der Waals surface area contributed by atoms with Gasteiger partial charge in [-0.25, -0.2) is 4.99 Å². The molecule has 29 heavy (non-hydrogen) atoms.